The van der Waals surface area contributed by atoms with Gasteiger partial charge in [-0.2, -0.15) is 13.2 Å². The third-order valence-corrected chi connectivity index (χ3v) is 4.17. The van der Waals surface area contributed by atoms with Crippen molar-refractivity contribution in [2.24, 2.45) is 7.05 Å². The molecule has 0 fully saturated rings. The average molecular weight is 406 g/mol. The van der Waals surface area contributed by atoms with Crippen molar-refractivity contribution in [2.75, 3.05) is 0 Å². The van der Waals surface area contributed by atoms with E-state index in [1.54, 1.807) is 13.8 Å². The van der Waals surface area contributed by atoms with E-state index in [2.05, 4.69) is 4.98 Å². The molecule has 0 spiro atoms. The number of nitrogens with zero attached hydrogens (tertiary/aromatic N) is 3. The summed E-state index contributed by atoms with van der Waals surface area (Å²) >= 11 is 5.94. The van der Waals surface area contributed by atoms with Gasteiger partial charge >= 0.3 is 11.9 Å². The molecular formula is C16H12ClF4N3O3. The van der Waals surface area contributed by atoms with Gasteiger partial charge in [0.25, 0.3) is 5.56 Å². The lowest BCUT2D eigenvalue weighted by atomic mass is 10.2. The summed E-state index contributed by atoms with van der Waals surface area (Å²) in [7, 11) is 0.828. The first-order valence-electron chi connectivity index (χ1n) is 7.62. The van der Waals surface area contributed by atoms with E-state index in [-0.39, 0.29) is 43.1 Å². The number of fused-ring (bicyclic) bond motifs is 1. The second-order valence-electron chi connectivity index (χ2n) is 6.12. The standard InChI is InChI=1S/C16H12ClF4N3O3/c1-6(2)14-22-11-12(8(18)4-7(17)13(11)27-14)24-10(25)5-9(16(19,20)21)23(3)15(24)26/h4-6H,1-3H3. The van der Waals surface area contributed by atoms with Crippen LogP contribution in [0.1, 0.15) is 31.4 Å². The minimum atomic E-state index is -4.93. The maximum absolute atomic E-state index is 14.6. The lowest BCUT2D eigenvalue weighted by Crippen LogP contribution is -2.41. The molecule has 0 saturated carbocycles. The van der Waals surface area contributed by atoms with Gasteiger partial charge < -0.3 is 4.42 Å². The Morgan fingerprint density at radius 1 is 1.22 bits per heavy atom. The van der Waals surface area contributed by atoms with E-state index in [1.807, 2.05) is 0 Å². The Morgan fingerprint density at radius 3 is 2.41 bits per heavy atom. The quantitative estimate of drug-likeness (QED) is 0.611. The molecule has 144 valence electrons. The first-order valence-corrected chi connectivity index (χ1v) is 8.00. The number of rotatable bonds is 2. The molecule has 0 aliphatic carbocycles. The molecule has 0 aliphatic heterocycles. The lowest BCUT2D eigenvalue weighted by Gasteiger charge is -2.14. The highest BCUT2D eigenvalue weighted by atomic mass is 35.5. The van der Waals surface area contributed by atoms with Crippen LogP contribution >= 0.6 is 11.6 Å². The van der Waals surface area contributed by atoms with Crippen LogP contribution in [0.3, 0.4) is 0 Å². The van der Waals surface area contributed by atoms with Gasteiger partial charge in [-0.15, -0.1) is 0 Å². The lowest BCUT2D eigenvalue weighted by molar-refractivity contribution is -0.144. The summed E-state index contributed by atoms with van der Waals surface area (Å²) in [6, 6.07) is 1.02. The predicted octanol–water partition coefficient (Wildman–Crippen LogP) is 3.61. The second-order valence-corrected chi connectivity index (χ2v) is 6.52. The van der Waals surface area contributed by atoms with Crippen molar-refractivity contribution in [3.05, 3.63) is 55.4 Å². The first-order chi connectivity index (χ1) is 12.4. The van der Waals surface area contributed by atoms with Crippen LogP contribution in [0.5, 0.6) is 0 Å². The SMILES string of the molecule is CC(C)c1nc2c(-n3c(=O)cc(C(F)(F)F)n(C)c3=O)c(F)cc(Cl)c2o1. The van der Waals surface area contributed by atoms with Crippen LogP contribution in [0.4, 0.5) is 17.6 Å². The van der Waals surface area contributed by atoms with Gasteiger partial charge in [0.2, 0.25) is 0 Å². The van der Waals surface area contributed by atoms with Crippen LogP contribution in [0.2, 0.25) is 5.02 Å². The van der Waals surface area contributed by atoms with Crippen molar-refractivity contribution in [1.29, 1.82) is 0 Å². The topological polar surface area (TPSA) is 70.0 Å². The average Bonchev–Trinajstić information content (AvgIpc) is 2.98. The molecule has 11 heteroatoms. The van der Waals surface area contributed by atoms with E-state index >= 15 is 0 Å². The molecule has 0 radical (unpaired) electrons. The number of oxazole rings is 1. The Labute approximate surface area is 153 Å². The fraction of sp³-hybridized carbons (Fsp3) is 0.312. The Kier molecular flexibility index (Phi) is 4.41. The fourth-order valence-electron chi connectivity index (χ4n) is 2.58. The molecule has 0 amide bonds. The van der Waals surface area contributed by atoms with Crippen LogP contribution in [-0.2, 0) is 13.2 Å². The first kappa shape index (κ1) is 19.2. The van der Waals surface area contributed by atoms with Gasteiger partial charge in [-0.3, -0.25) is 9.36 Å². The van der Waals surface area contributed by atoms with Crippen LogP contribution in [0.15, 0.2) is 26.1 Å². The monoisotopic (exact) mass is 405 g/mol. The molecule has 0 bridgehead atoms. The number of halogens is 5. The van der Waals surface area contributed by atoms with Crippen molar-refractivity contribution >= 4 is 22.7 Å². The zero-order chi connectivity index (χ0) is 20.3. The Hall–Kier alpha value is -2.62. The second kappa shape index (κ2) is 6.22. The molecule has 2 aromatic heterocycles. The fourth-order valence-corrected chi connectivity index (χ4v) is 2.80. The number of benzene rings is 1. The predicted molar refractivity (Wildman–Crippen MR) is 88.9 cm³/mol. The molecule has 6 nitrogen and oxygen atoms in total. The van der Waals surface area contributed by atoms with Gasteiger partial charge in [0.05, 0.1) is 5.02 Å². The van der Waals surface area contributed by atoms with E-state index in [9.17, 15) is 27.2 Å². The molecule has 27 heavy (non-hydrogen) atoms. The van der Waals surface area contributed by atoms with Crippen molar-refractivity contribution in [3.63, 3.8) is 0 Å². The van der Waals surface area contributed by atoms with Crippen molar-refractivity contribution in [1.82, 2.24) is 14.1 Å². The summed E-state index contributed by atoms with van der Waals surface area (Å²) in [5, 5.41) is -0.151. The normalized spacial score (nSPS) is 12.3. The third kappa shape index (κ3) is 3.03. The van der Waals surface area contributed by atoms with Gasteiger partial charge in [-0.25, -0.2) is 18.7 Å². The maximum atomic E-state index is 14.6. The zero-order valence-electron chi connectivity index (χ0n) is 14.2. The highest BCUT2D eigenvalue weighted by molar-refractivity contribution is 6.35. The number of hydrogen-bond acceptors (Lipinski definition) is 4. The van der Waals surface area contributed by atoms with E-state index in [1.165, 1.54) is 0 Å². The molecule has 3 rings (SSSR count). The smallest absolute Gasteiger partial charge is 0.431 e. The molecule has 0 N–H and O–H groups in total. The van der Waals surface area contributed by atoms with Crippen LogP contribution in [0.25, 0.3) is 16.8 Å². The van der Waals surface area contributed by atoms with Gasteiger partial charge in [-0.05, 0) is 6.07 Å². The van der Waals surface area contributed by atoms with E-state index in [0.29, 0.717) is 0 Å². The summed E-state index contributed by atoms with van der Waals surface area (Å²) in [4.78, 5) is 28.8. The summed E-state index contributed by atoms with van der Waals surface area (Å²) in [5.41, 5.74) is -5.13. The molecule has 3 aromatic rings. The molecule has 0 saturated heterocycles. The van der Waals surface area contributed by atoms with Gasteiger partial charge in [0, 0.05) is 19.0 Å². The van der Waals surface area contributed by atoms with Crippen molar-refractivity contribution in [3.8, 4) is 5.69 Å². The number of aromatic nitrogens is 3. The summed E-state index contributed by atoms with van der Waals surface area (Å²) in [5.74, 6) is -1.16. The van der Waals surface area contributed by atoms with Crippen LogP contribution in [0, 0.1) is 5.82 Å². The van der Waals surface area contributed by atoms with Gasteiger partial charge in [-0.1, -0.05) is 25.4 Å². The highest BCUT2D eigenvalue weighted by Gasteiger charge is 2.35. The van der Waals surface area contributed by atoms with E-state index < -0.39 is 34.6 Å². The number of hydrogen-bond donors (Lipinski definition) is 0. The van der Waals surface area contributed by atoms with Crippen LogP contribution < -0.4 is 11.2 Å². The summed E-state index contributed by atoms with van der Waals surface area (Å²) in [6.07, 6.45) is -4.93. The summed E-state index contributed by atoms with van der Waals surface area (Å²) < 4.78 is 59.5. The molecule has 0 aliphatic rings. The van der Waals surface area contributed by atoms with E-state index in [4.69, 9.17) is 16.0 Å². The van der Waals surface area contributed by atoms with E-state index in [0.717, 1.165) is 13.1 Å². The Balaban J connectivity index is 2.45. The van der Waals surface area contributed by atoms with Gasteiger partial charge in [0.15, 0.2) is 17.3 Å². The van der Waals surface area contributed by atoms with Crippen LogP contribution in [-0.4, -0.2) is 14.1 Å². The third-order valence-electron chi connectivity index (χ3n) is 3.89. The molecule has 0 unspecified atom stereocenters. The zero-order valence-corrected chi connectivity index (χ0v) is 14.9. The molecule has 1 aromatic carbocycles. The maximum Gasteiger partial charge on any atom is 0.431 e. The largest absolute Gasteiger partial charge is 0.439 e. The summed E-state index contributed by atoms with van der Waals surface area (Å²) in [6.45, 7) is 3.47. The highest BCUT2D eigenvalue weighted by Crippen LogP contribution is 2.33. The number of alkyl halides is 3. The molecule has 0 atom stereocenters. The van der Waals surface area contributed by atoms with Gasteiger partial charge in [0.1, 0.15) is 16.9 Å². The minimum absolute atomic E-state index is 0.0781. The minimum Gasteiger partial charge on any atom is -0.439 e. The van der Waals surface area contributed by atoms with Crippen molar-refractivity contribution in [2.45, 2.75) is 25.9 Å². The molecular weight excluding hydrogens is 394 g/mol. The Morgan fingerprint density at radius 2 is 1.85 bits per heavy atom. The molecule has 2 heterocycles. The van der Waals surface area contributed by atoms with Crippen molar-refractivity contribution < 1.29 is 22.0 Å². The Bertz CT molecular complexity index is 1170.